The first-order chi connectivity index (χ1) is 5.33. The Labute approximate surface area is 94.1 Å². The summed E-state index contributed by atoms with van der Waals surface area (Å²) in [6.45, 7) is 10.2. The Hall–Kier alpha value is 0.690. The highest BCUT2D eigenvalue weighted by Crippen LogP contribution is 2.17. The highest BCUT2D eigenvalue weighted by molar-refractivity contribution is 4.51. The lowest BCUT2D eigenvalue weighted by molar-refractivity contribution is -0.924. The molecule has 0 aliphatic carbocycles. The summed E-state index contributed by atoms with van der Waals surface area (Å²) in [6, 6.07) is 0. The molecule has 74 valence electrons. The number of hydrogen-bond donors (Lipinski definition) is 0. The summed E-state index contributed by atoms with van der Waals surface area (Å²) in [5.74, 6) is 0. The van der Waals surface area contributed by atoms with Crippen molar-refractivity contribution in [3.05, 3.63) is 0 Å². The molecule has 1 aliphatic rings. The number of rotatable bonds is 2. The van der Waals surface area contributed by atoms with E-state index in [9.17, 15) is 0 Å². The second-order valence-electron chi connectivity index (χ2n) is 3.84. The molecule has 2 heteroatoms. The number of likely N-dealkylation sites (tertiary alicyclic amines) is 1. The maximum Gasteiger partial charge on any atom is 0.0786 e. The molecule has 0 aromatic rings. The van der Waals surface area contributed by atoms with Crippen molar-refractivity contribution < 1.29 is 28.5 Å². The molecule has 12 heavy (non-hydrogen) atoms. The van der Waals surface area contributed by atoms with Gasteiger partial charge in [-0.2, -0.15) is 0 Å². The molecule has 0 unspecified atom stereocenters. The van der Waals surface area contributed by atoms with Gasteiger partial charge in [-0.25, -0.2) is 0 Å². The summed E-state index contributed by atoms with van der Waals surface area (Å²) in [7, 11) is 0. The van der Waals surface area contributed by atoms with Crippen LogP contribution in [0.2, 0.25) is 0 Å². The average Bonchev–Trinajstić information content (AvgIpc) is 2.30. The van der Waals surface area contributed by atoms with Crippen LogP contribution in [0.4, 0.5) is 0 Å². The van der Waals surface area contributed by atoms with Gasteiger partial charge in [-0.05, 0) is 39.5 Å². The smallest absolute Gasteiger partial charge is 0.0786 e. The zero-order valence-corrected chi connectivity index (χ0v) is 10.6. The van der Waals surface area contributed by atoms with E-state index in [1.54, 1.807) is 0 Å². The van der Waals surface area contributed by atoms with Gasteiger partial charge in [-0.3, -0.25) is 0 Å². The molecule has 0 aromatic carbocycles. The fourth-order valence-corrected chi connectivity index (χ4v) is 2.22. The predicted molar refractivity (Wildman–Crippen MR) is 49.5 cm³/mol. The van der Waals surface area contributed by atoms with E-state index in [0.717, 1.165) is 0 Å². The maximum absolute atomic E-state index is 2.34. The predicted octanol–water partition coefficient (Wildman–Crippen LogP) is -0.579. The molecule has 0 atom stereocenters. The van der Waals surface area contributed by atoms with Gasteiger partial charge in [-0.1, -0.05) is 0 Å². The summed E-state index contributed by atoms with van der Waals surface area (Å²) >= 11 is 0. The van der Waals surface area contributed by atoms with Crippen molar-refractivity contribution in [3.8, 4) is 0 Å². The summed E-state index contributed by atoms with van der Waals surface area (Å²) in [4.78, 5) is 0. The Bertz CT molecular complexity index is 100. The first-order valence-electron chi connectivity index (χ1n) is 5.18. The lowest BCUT2D eigenvalue weighted by Gasteiger charge is -2.35. The van der Waals surface area contributed by atoms with Crippen LogP contribution in [0.3, 0.4) is 0 Å². The van der Waals surface area contributed by atoms with Crippen LogP contribution in [0.15, 0.2) is 0 Å². The van der Waals surface area contributed by atoms with Crippen LogP contribution < -0.4 is 24.0 Å². The minimum atomic E-state index is 0. The first-order valence-corrected chi connectivity index (χ1v) is 5.18. The molecule has 1 aliphatic heterocycles. The van der Waals surface area contributed by atoms with Crippen molar-refractivity contribution in [1.82, 2.24) is 0 Å². The van der Waals surface area contributed by atoms with E-state index in [4.69, 9.17) is 0 Å². The number of halogens is 1. The van der Waals surface area contributed by atoms with Gasteiger partial charge in [0.25, 0.3) is 0 Å². The van der Waals surface area contributed by atoms with Crippen LogP contribution >= 0.6 is 0 Å². The number of nitrogens with zero attached hydrogens (tertiary/aromatic N) is 1. The Morgan fingerprint density at radius 3 is 1.58 bits per heavy atom. The van der Waals surface area contributed by atoms with E-state index in [-0.39, 0.29) is 24.0 Å². The van der Waals surface area contributed by atoms with Gasteiger partial charge in [0.15, 0.2) is 0 Å². The number of hydrogen-bond acceptors (Lipinski definition) is 0. The van der Waals surface area contributed by atoms with Gasteiger partial charge in [-0.15, -0.1) is 0 Å². The van der Waals surface area contributed by atoms with Crippen LogP contribution in [0.5, 0.6) is 0 Å². The fraction of sp³-hybridized carbons (Fsp3) is 1.00. The van der Waals surface area contributed by atoms with Crippen molar-refractivity contribution in [3.63, 3.8) is 0 Å². The minimum absolute atomic E-state index is 0. The van der Waals surface area contributed by atoms with Crippen molar-refractivity contribution >= 4 is 0 Å². The molecule has 1 saturated heterocycles. The molecule has 0 N–H and O–H groups in total. The summed E-state index contributed by atoms with van der Waals surface area (Å²) < 4.78 is 1.39. The molecule has 0 bridgehead atoms. The van der Waals surface area contributed by atoms with Crippen molar-refractivity contribution in [2.75, 3.05) is 26.2 Å². The van der Waals surface area contributed by atoms with E-state index in [0.29, 0.717) is 0 Å². The van der Waals surface area contributed by atoms with Gasteiger partial charge in [0.2, 0.25) is 0 Å². The standard InChI is InChI=1S/C10H22N.HI/c1-3-11(4-2)9-7-5-6-8-10-11;/h3-10H2,1-2H3;1H/q+1;/p-1. The van der Waals surface area contributed by atoms with Crippen LogP contribution in [0.1, 0.15) is 39.5 Å². The summed E-state index contributed by atoms with van der Waals surface area (Å²) in [6.07, 6.45) is 5.86. The Kier molecular flexibility index (Phi) is 6.55. The fourth-order valence-electron chi connectivity index (χ4n) is 2.22. The van der Waals surface area contributed by atoms with Gasteiger partial charge in [0.05, 0.1) is 26.2 Å². The van der Waals surface area contributed by atoms with E-state index >= 15 is 0 Å². The second-order valence-corrected chi connectivity index (χ2v) is 3.84. The Morgan fingerprint density at radius 2 is 1.25 bits per heavy atom. The molecule has 1 nitrogen and oxygen atoms in total. The van der Waals surface area contributed by atoms with E-state index in [1.165, 1.54) is 56.3 Å². The highest BCUT2D eigenvalue weighted by atomic mass is 127. The first kappa shape index (κ1) is 12.7. The molecule has 1 rings (SSSR count). The molecule has 0 spiro atoms. The van der Waals surface area contributed by atoms with Crippen LogP contribution in [0.25, 0.3) is 0 Å². The normalized spacial score (nSPS) is 22.5. The Morgan fingerprint density at radius 1 is 0.833 bits per heavy atom. The Balaban J connectivity index is 0.00000121. The molecule has 1 heterocycles. The third-order valence-electron chi connectivity index (χ3n) is 3.36. The third-order valence-corrected chi connectivity index (χ3v) is 3.36. The lowest BCUT2D eigenvalue weighted by atomic mass is 10.2. The molecule has 0 aromatic heterocycles. The quantitative estimate of drug-likeness (QED) is 0.470. The molecule has 0 amide bonds. The molecule has 1 fully saturated rings. The minimum Gasteiger partial charge on any atom is -1.00 e. The van der Waals surface area contributed by atoms with Gasteiger partial charge < -0.3 is 28.5 Å². The molecular weight excluding hydrogens is 261 g/mol. The highest BCUT2D eigenvalue weighted by Gasteiger charge is 2.23. The summed E-state index contributed by atoms with van der Waals surface area (Å²) in [5.41, 5.74) is 0. The SMILES string of the molecule is CC[N+]1(CC)CCCCCC1.[I-]. The number of quaternary nitrogens is 1. The monoisotopic (exact) mass is 283 g/mol. The largest absolute Gasteiger partial charge is 1.00 e. The topological polar surface area (TPSA) is 0 Å². The van der Waals surface area contributed by atoms with Gasteiger partial charge in [0.1, 0.15) is 0 Å². The van der Waals surface area contributed by atoms with Crippen molar-refractivity contribution in [2.45, 2.75) is 39.5 Å². The van der Waals surface area contributed by atoms with Crippen LogP contribution in [0, 0.1) is 0 Å². The third kappa shape index (κ3) is 3.21. The summed E-state index contributed by atoms with van der Waals surface area (Å²) in [5, 5.41) is 0. The van der Waals surface area contributed by atoms with E-state index in [2.05, 4.69) is 13.8 Å². The maximum atomic E-state index is 2.34. The average molecular weight is 283 g/mol. The lowest BCUT2D eigenvalue weighted by Crippen LogP contribution is -3.00. The van der Waals surface area contributed by atoms with E-state index in [1.807, 2.05) is 0 Å². The zero-order chi connectivity index (χ0) is 8.16. The second kappa shape index (κ2) is 6.19. The molecular formula is C10H22IN. The van der Waals surface area contributed by atoms with Gasteiger partial charge >= 0.3 is 0 Å². The molecule has 0 saturated carbocycles. The van der Waals surface area contributed by atoms with Crippen molar-refractivity contribution in [1.29, 1.82) is 0 Å². The van der Waals surface area contributed by atoms with Gasteiger partial charge in [0, 0.05) is 0 Å². The molecule has 0 radical (unpaired) electrons. The van der Waals surface area contributed by atoms with Crippen LogP contribution in [-0.2, 0) is 0 Å². The van der Waals surface area contributed by atoms with E-state index < -0.39 is 0 Å². The van der Waals surface area contributed by atoms with Crippen LogP contribution in [-0.4, -0.2) is 30.7 Å². The zero-order valence-electron chi connectivity index (χ0n) is 8.48. The van der Waals surface area contributed by atoms with Crippen molar-refractivity contribution in [2.24, 2.45) is 0 Å².